The maximum atomic E-state index is 12.1. The average Bonchev–Trinajstić information content (AvgIpc) is 2.53. The van der Waals surface area contributed by atoms with Crippen LogP contribution in [0.2, 0.25) is 0 Å². The molecule has 2 rings (SSSR count). The van der Waals surface area contributed by atoms with Crippen molar-refractivity contribution in [1.82, 2.24) is 4.98 Å². The fourth-order valence-corrected chi connectivity index (χ4v) is 3.06. The lowest BCUT2D eigenvalue weighted by Crippen LogP contribution is -2.24. The Hall–Kier alpha value is -1.72. The van der Waals surface area contributed by atoms with Crippen molar-refractivity contribution in [2.45, 2.75) is 37.3 Å². The zero-order valence-corrected chi connectivity index (χ0v) is 14.5. The van der Waals surface area contributed by atoms with Crippen molar-refractivity contribution >= 4 is 10.8 Å². The van der Waals surface area contributed by atoms with Crippen molar-refractivity contribution in [3.63, 3.8) is 0 Å². The van der Waals surface area contributed by atoms with Gasteiger partial charge in [0.05, 0.1) is 22.7 Å². The Morgan fingerprint density at radius 3 is 2.43 bits per heavy atom. The predicted octanol–water partition coefficient (Wildman–Crippen LogP) is 2.93. The molecule has 4 nitrogen and oxygen atoms in total. The Labute approximate surface area is 140 Å². The second-order valence-corrected chi connectivity index (χ2v) is 7.86. The van der Waals surface area contributed by atoms with Crippen molar-refractivity contribution in [2.75, 3.05) is 12.4 Å². The maximum Gasteiger partial charge on any atom is 0.127 e. The van der Waals surface area contributed by atoms with Gasteiger partial charge in [-0.05, 0) is 35.2 Å². The number of ether oxygens (including phenoxy) is 1. The fraction of sp³-hybridized carbons (Fsp3) is 0.389. The molecule has 1 aromatic carbocycles. The first-order valence-corrected chi connectivity index (χ1v) is 8.89. The van der Waals surface area contributed by atoms with Gasteiger partial charge in [0.25, 0.3) is 0 Å². The summed E-state index contributed by atoms with van der Waals surface area (Å²) >= 11 is 0. The van der Waals surface area contributed by atoms with Crippen LogP contribution in [-0.2, 0) is 16.2 Å². The van der Waals surface area contributed by atoms with E-state index in [-0.39, 0.29) is 17.8 Å². The lowest BCUT2D eigenvalue weighted by Gasteiger charge is -2.19. The van der Waals surface area contributed by atoms with E-state index < -0.39 is 16.9 Å². The van der Waals surface area contributed by atoms with E-state index >= 15 is 0 Å². The summed E-state index contributed by atoms with van der Waals surface area (Å²) in [6.45, 7) is 6.56. The second-order valence-electron chi connectivity index (χ2n) is 6.42. The number of aliphatic hydroxyl groups excluding tert-OH is 1. The standard InChI is InChI=1S/C18H23NO3S/c1-18(2,3)14-7-9-16(10-8-14)22-12-15(20)13-23(21)17-6-4-5-11-19-17/h4-11,15,20H,12-13H2,1-3H3/t15-,23-/m0/s1. The van der Waals surface area contributed by atoms with Crippen molar-refractivity contribution < 1.29 is 14.1 Å². The van der Waals surface area contributed by atoms with Gasteiger partial charge in [-0.15, -0.1) is 0 Å². The largest absolute Gasteiger partial charge is 0.491 e. The molecule has 0 saturated carbocycles. The van der Waals surface area contributed by atoms with E-state index in [1.165, 1.54) is 5.56 Å². The highest BCUT2D eigenvalue weighted by Crippen LogP contribution is 2.24. The number of pyridine rings is 1. The molecule has 5 heteroatoms. The van der Waals surface area contributed by atoms with Gasteiger partial charge in [0.15, 0.2) is 0 Å². The lowest BCUT2D eigenvalue weighted by atomic mass is 9.87. The van der Waals surface area contributed by atoms with Crippen LogP contribution in [0.1, 0.15) is 26.3 Å². The summed E-state index contributed by atoms with van der Waals surface area (Å²) in [6, 6.07) is 13.1. The van der Waals surface area contributed by atoms with Crippen molar-refractivity contribution in [1.29, 1.82) is 0 Å². The molecule has 0 aliphatic carbocycles. The highest BCUT2D eigenvalue weighted by molar-refractivity contribution is 7.85. The molecule has 2 aromatic rings. The van der Waals surface area contributed by atoms with Gasteiger partial charge in [-0.2, -0.15) is 0 Å². The zero-order chi connectivity index (χ0) is 16.9. The summed E-state index contributed by atoms with van der Waals surface area (Å²) in [5, 5.41) is 10.5. The number of nitrogens with zero attached hydrogens (tertiary/aromatic N) is 1. The van der Waals surface area contributed by atoms with Gasteiger partial charge >= 0.3 is 0 Å². The third-order valence-corrected chi connectivity index (χ3v) is 4.77. The molecule has 0 aliphatic rings. The minimum absolute atomic E-state index is 0.0949. The zero-order valence-electron chi connectivity index (χ0n) is 13.7. The molecule has 1 N–H and O–H groups in total. The van der Waals surface area contributed by atoms with Gasteiger partial charge < -0.3 is 9.84 Å². The van der Waals surface area contributed by atoms with Crippen LogP contribution < -0.4 is 4.74 Å². The smallest absolute Gasteiger partial charge is 0.127 e. The molecule has 0 unspecified atom stereocenters. The quantitative estimate of drug-likeness (QED) is 0.883. The molecule has 0 aliphatic heterocycles. The van der Waals surface area contributed by atoms with Gasteiger partial charge in [0.2, 0.25) is 0 Å². The number of aromatic nitrogens is 1. The number of hydrogen-bond donors (Lipinski definition) is 1. The highest BCUT2D eigenvalue weighted by Gasteiger charge is 2.15. The Kier molecular flexibility index (Phi) is 5.91. The number of benzene rings is 1. The van der Waals surface area contributed by atoms with E-state index in [0.717, 1.165) is 0 Å². The summed E-state index contributed by atoms with van der Waals surface area (Å²) in [5.74, 6) is 0.803. The van der Waals surface area contributed by atoms with Gasteiger partial charge in [-0.1, -0.05) is 39.0 Å². The first-order valence-electron chi connectivity index (χ1n) is 7.57. The van der Waals surface area contributed by atoms with Crippen molar-refractivity contribution in [3.05, 3.63) is 54.2 Å². The third-order valence-electron chi connectivity index (χ3n) is 3.38. The minimum atomic E-state index is -1.33. The molecular formula is C18H23NO3S. The van der Waals surface area contributed by atoms with Gasteiger partial charge in [0.1, 0.15) is 17.4 Å². The number of hydrogen-bond acceptors (Lipinski definition) is 4. The van der Waals surface area contributed by atoms with Crippen LogP contribution in [0, 0.1) is 0 Å². The van der Waals surface area contributed by atoms with Crippen LogP contribution in [0.4, 0.5) is 0 Å². The first-order chi connectivity index (χ1) is 10.9. The molecule has 0 fully saturated rings. The summed E-state index contributed by atoms with van der Waals surface area (Å²) in [5.41, 5.74) is 1.32. The first kappa shape index (κ1) is 17.6. The van der Waals surface area contributed by atoms with E-state index in [2.05, 4.69) is 25.8 Å². The number of rotatable bonds is 6. The molecule has 0 radical (unpaired) electrons. The van der Waals surface area contributed by atoms with Crippen molar-refractivity contribution in [3.8, 4) is 5.75 Å². The molecule has 2 atom stereocenters. The Balaban J connectivity index is 1.85. The Morgan fingerprint density at radius 2 is 1.87 bits per heavy atom. The summed E-state index contributed by atoms with van der Waals surface area (Å²) in [7, 11) is -1.33. The topological polar surface area (TPSA) is 59.4 Å². The molecule has 1 heterocycles. The lowest BCUT2D eigenvalue weighted by molar-refractivity contribution is 0.125. The molecule has 0 amide bonds. The van der Waals surface area contributed by atoms with Crippen LogP contribution in [0.15, 0.2) is 53.7 Å². The van der Waals surface area contributed by atoms with Gasteiger partial charge in [-0.3, -0.25) is 4.21 Å². The van der Waals surface area contributed by atoms with Crippen LogP contribution >= 0.6 is 0 Å². The second kappa shape index (κ2) is 7.70. The van der Waals surface area contributed by atoms with E-state index in [1.54, 1.807) is 24.4 Å². The molecule has 124 valence electrons. The van der Waals surface area contributed by atoms with Gasteiger partial charge in [-0.25, -0.2) is 4.98 Å². The van der Waals surface area contributed by atoms with E-state index in [0.29, 0.717) is 10.8 Å². The maximum absolute atomic E-state index is 12.1. The van der Waals surface area contributed by atoms with Crippen LogP contribution in [0.3, 0.4) is 0 Å². The SMILES string of the molecule is CC(C)(C)c1ccc(OC[C@H](O)C[S@](=O)c2ccccn2)cc1. The molecule has 23 heavy (non-hydrogen) atoms. The van der Waals surface area contributed by atoms with E-state index in [9.17, 15) is 9.32 Å². The van der Waals surface area contributed by atoms with Crippen LogP contribution in [0.25, 0.3) is 0 Å². The van der Waals surface area contributed by atoms with Crippen LogP contribution in [-0.4, -0.2) is 32.8 Å². The monoisotopic (exact) mass is 333 g/mol. The molecular weight excluding hydrogens is 310 g/mol. The Bertz CT molecular complexity index is 636. The Morgan fingerprint density at radius 1 is 1.17 bits per heavy atom. The third kappa shape index (κ3) is 5.44. The minimum Gasteiger partial charge on any atom is -0.491 e. The highest BCUT2D eigenvalue weighted by atomic mass is 32.2. The summed E-state index contributed by atoms with van der Waals surface area (Å²) in [6.07, 6.45) is 0.785. The summed E-state index contributed by atoms with van der Waals surface area (Å²) in [4.78, 5) is 4.03. The molecule has 1 aromatic heterocycles. The number of aliphatic hydroxyl groups is 1. The average molecular weight is 333 g/mol. The normalized spacial score (nSPS) is 14.3. The van der Waals surface area contributed by atoms with Gasteiger partial charge in [0, 0.05) is 6.20 Å². The van der Waals surface area contributed by atoms with Crippen molar-refractivity contribution in [2.24, 2.45) is 0 Å². The van der Waals surface area contributed by atoms with E-state index in [4.69, 9.17) is 4.74 Å². The molecule has 0 bridgehead atoms. The predicted molar refractivity (Wildman–Crippen MR) is 92.2 cm³/mol. The fourth-order valence-electron chi connectivity index (χ4n) is 2.03. The molecule has 0 spiro atoms. The van der Waals surface area contributed by atoms with E-state index in [1.807, 2.05) is 24.3 Å². The summed E-state index contributed by atoms with van der Waals surface area (Å²) < 4.78 is 17.6. The molecule has 0 saturated heterocycles. The van der Waals surface area contributed by atoms with Crippen LogP contribution in [0.5, 0.6) is 5.75 Å².